The molecule has 2 aromatic carbocycles. The van der Waals surface area contributed by atoms with Crippen LogP contribution in [0.5, 0.6) is 5.88 Å². The molecule has 10 heteroatoms. The van der Waals surface area contributed by atoms with Crippen molar-refractivity contribution in [3.63, 3.8) is 0 Å². The predicted molar refractivity (Wildman–Crippen MR) is 151 cm³/mol. The number of aromatic carboxylic acids is 1. The third kappa shape index (κ3) is 7.33. The van der Waals surface area contributed by atoms with Gasteiger partial charge >= 0.3 is 5.97 Å². The molecule has 0 radical (unpaired) electrons. The van der Waals surface area contributed by atoms with Crippen molar-refractivity contribution in [1.29, 1.82) is 0 Å². The first-order valence-electron chi connectivity index (χ1n) is 13.2. The number of hydrogen-bond acceptors (Lipinski definition) is 7. The molecule has 9 nitrogen and oxygen atoms in total. The standard InChI is InChI=1S/C29H36N4O5S/c1-18(2)14-23(30-22-11-7-12-22)17-38-26-16-25(27-19(3)8-5-9-20(27)4)31-29(32-26)33-39(36,37)24-13-6-10-21(15-24)28(34)35/h5-6,8-10,13,15-16,18,22-23,30H,7,11-12,14,17H2,1-4H3,(H,34,35)(H,31,32,33)/t23-/m1/s1. The smallest absolute Gasteiger partial charge is 0.335 e. The highest BCUT2D eigenvalue weighted by Gasteiger charge is 2.24. The van der Waals surface area contributed by atoms with Gasteiger partial charge in [0.15, 0.2) is 0 Å². The predicted octanol–water partition coefficient (Wildman–Crippen LogP) is 5.20. The van der Waals surface area contributed by atoms with E-state index in [1.165, 1.54) is 24.6 Å². The molecule has 1 atom stereocenters. The number of carboxylic acids is 1. The number of anilines is 1. The first-order valence-corrected chi connectivity index (χ1v) is 14.7. The van der Waals surface area contributed by atoms with E-state index < -0.39 is 16.0 Å². The number of ether oxygens (including phenoxy) is 1. The van der Waals surface area contributed by atoms with E-state index in [0.29, 0.717) is 24.3 Å². The number of benzene rings is 2. The van der Waals surface area contributed by atoms with Gasteiger partial charge in [0.25, 0.3) is 10.0 Å². The SMILES string of the molecule is Cc1cccc(C)c1-c1cc(OC[C@@H](CC(C)C)NC2CCC2)nc(NS(=O)(=O)c2cccc(C(=O)O)c2)n1. The van der Waals surface area contributed by atoms with E-state index in [9.17, 15) is 18.3 Å². The average molecular weight is 553 g/mol. The quantitative estimate of drug-likeness (QED) is 0.280. The number of aryl methyl sites for hydroxylation is 2. The Morgan fingerprint density at radius 1 is 1.08 bits per heavy atom. The molecule has 1 aromatic heterocycles. The summed E-state index contributed by atoms with van der Waals surface area (Å²) in [5.41, 5.74) is 3.21. The van der Waals surface area contributed by atoms with Gasteiger partial charge in [-0.2, -0.15) is 4.98 Å². The molecule has 0 saturated heterocycles. The van der Waals surface area contributed by atoms with Crippen LogP contribution in [0.15, 0.2) is 53.4 Å². The van der Waals surface area contributed by atoms with Gasteiger partial charge in [-0.05, 0) is 68.4 Å². The summed E-state index contributed by atoms with van der Waals surface area (Å²) >= 11 is 0. The third-order valence-corrected chi connectivity index (χ3v) is 8.15. The summed E-state index contributed by atoms with van der Waals surface area (Å²) < 4.78 is 35.0. The highest BCUT2D eigenvalue weighted by Crippen LogP contribution is 2.30. The Bertz CT molecular complexity index is 1420. The molecular formula is C29H36N4O5S. The first kappa shape index (κ1) is 28.5. The van der Waals surface area contributed by atoms with Crippen molar-refractivity contribution in [2.24, 2.45) is 5.92 Å². The topological polar surface area (TPSA) is 131 Å². The maximum Gasteiger partial charge on any atom is 0.335 e. The van der Waals surface area contributed by atoms with Crippen LogP contribution < -0.4 is 14.8 Å². The summed E-state index contributed by atoms with van der Waals surface area (Å²) in [6, 6.07) is 13.4. The zero-order chi connectivity index (χ0) is 28.2. The summed E-state index contributed by atoms with van der Waals surface area (Å²) in [5.74, 6) is -0.643. The molecule has 4 rings (SSSR count). The van der Waals surface area contributed by atoms with Crippen LogP contribution in [0.25, 0.3) is 11.3 Å². The Morgan fingerprint density at radius 2 is 1.77 bits per heavy atom. The number of hydrogen-bond donors (Lipinski definition) is 3. The number of nitrogens with zero attached hydrogens (tertiary/aromatic N) is 2. The Balaban J connectivity index is 1.67. The fraction of sp³-hybridized carbons (Fsp3) is 0.414. The molecule has 3 N–H and O–H groups in total. The van der Waals surface area contributed by atoms with E-state index in [0.717, 1.165) is 42.0 Å². The van der Waals surface area contributed by atoms with Gasteiger partial charge in [-0.15, -0.1) is 0 Å². The van der Waals surface area contributed by atoms with Gasteiger partial charge in [-0.3, -0.25) is 0 Å². The molecule has 1 heterocycles. The lowest BCUT2D eigenvalue weighted by Gasteiger charge is -2.32. The number of carbonyl (C=O) groups is 1. The van der Waals surface area contributed by atoms with Crippen molar-refractivity contribution in [3.8, 4) is 17.1 Å². The van der Waals surface area contributed by atoms with Crippen LogP contribution in [0.1, 0.15) is 61.0 Å². The Morgan fingerprint density at radius 3 is 2.38 bits per heavy atom. The molecular weight excluding hydrogens is 516 g/mol. The monoisotopic (exact) mass is 552 g/mol. The van der Waals surface area contributed by atoms with Crippen molar-refractivity contribution in [1.82, 2.24) is 15.3 Å². The molecule has 1 aliphatic carbocycles. The van der Waals surface area contributed by atoms with Gasteiger partial charge in [0.05, 0.1) is 16.2 Å². The van der Waals surface area contributed by atoms with Crippen LogP contribution >= 0.6 is 0 Å². The highest BCUT2D eigenvalue weighted by atomic mass is 32.2. The number of sulfonamides is 1. The molecule has 1 aliphatic rings. The molecule has 39 heavy (non-hydrogen) atoms. The lowest BCUT2D eigenvalue weighted by Crippen LogP contribution is -2.45. The molecule has 0 spiro atoms. The van der Waals surface area contributed by atoms with E-state index in [-0.39, 0.29) is 28.3 Å². The molecule has 0 bridgehead atoms. The third-order valence-electron chi connectivity index (χ3n) is 6.82. The van der Waals surface area contributed by atoms with Gasteiger partial charge in [0.1, 0.15) is 6.61 Å². The molecule has 0 amide bonds. The average Bonchev–Trinajstić information content (AvgIpc) is 2.84. The van der Waals surface area contributed by atoms with Crippen molar-refractivity contribution in [2.75, 3.05) is 11.3 Å². The first-order chi connectivity index (χ1) is 18.5. The molecule has 208 valence electrons. The largest absolute Gasteiger partial charge is 0.478 e. The van der Waals surface area contributed by atoms with E-state index >= 15 is 0 Å². The van der Waals surface area contributed by atoms with Crippen LogP contribution in [-0.4, -0.2) is 48.2 Å². The van der Waals surface area contributed by atoms with E-state index in [4.69, 9.17) is 4.74 Å². The van der Waals surface area contributed by atoms with Gasteiger partial charge in [0.2, 0.25) is 11.8 Å². The minimum atomic E-state index is -4.17. The lowest BCUT2D eigenvalue weighted by atomic mass is 9.91. The number of nitrogens with one attached hydrogen (secondary N) is 2. The Kier molecular flexibility index (Phi) is 8.87. The summed E-state index contributed by atoms with van der Waals surface area (Å²) in [4.78, 5) is 20.1. The van der Waals surface area contributed by atoms with Crippen molar-refractivity contribution in [2.45, 2.75) is 70.4 Å². The maximum atomic E-state index is 13.2. The van der Waals surface area contributed by atoms with Crippen molar-refractivity contribution in [3.05, 3.63) is 65.2 Å². The maximum absolute atomic E-state index is 13.2. The van der Waals surface area contributed by atoms with Gasteiger partial charge in [0, 0.05) is 23.7 Å². The van der Waals surface area contributed by atoms with Crippen molar-refractivity contribution < 1.29 is 23.1 Å². The Hall–Kier alpha value is -3.50. The molecule has 0 unspecified atom stereocenters. The van der Waals surface area contributed by atoms with Crippen LogP contribution in [-0.2, 0) is 10.0 Å². The number of aromatic nitrogens is 2. The second-order valence-electron chi connectivity index (χ2n) is 10.6. The molecule has 1 fully saturated rings. The zero-order valence-electron chi connectivity index (χ0n) is 22.8. The van der Waals surface area contributed by atoms with Crippen LogP contribution in [0.4, 0.5) is 5.95 Å². The van der Waals surface area contributed by atoms with E-state index in [2.05, 4.69) is 33.9 Å². The van der Waals surface area contributed by atoms with Crippen LogP contribution in [0.3, 0.4) is 0 Å². The summed E-state index contributed by atoms with van der Waals surface area (Å²) in [6.45, 7) is 8.66. The lowest BCUT2D eigenvalue weighted by molar-refractivity contribution is 0.0696. The van der Waals surface area contributed by atoms with Gasteiger partial charge in [-0.1, -0.05) is 44.5 Å². The fourth-order valence-electron chi connectivity index (χ4n) is 4.71. The summed E-state index contributed by atoms with van der Waals surface area (Å²) in [7, 11) is -4.17. The summed E-state index contributed by atoms with van der Waals surface area (Å²) in [6.07, 6.45) is 4.49. The molecule has 1 saturated carbocycles. The molecule has 0 aliphatic heterocycles. The van der Waals surface area contributed by atoms with Gasteiger partial charge < -0.3 is 15.2 Å². The second kappa shape index (κ2) is 12.1. The van der Waals surface area contributed by atoms with E-state index in [1.807, 2.05) is 32.0 Å². The highest BCUT2D eigenvalue weighted by molar-refractivity contribution is 7.92. The molecule has 3 aromatic rings. The van der Waals surface area contributed by atoms with Crippen LogP contribution in [0.2, 0.25) is 0 Å². The van der Waals surface area contributed by atoms with Crippen LogP contribution in [0, 0.1) is 19.8 Å². The van der Waals surface area contributed by atoms with E-state index in [1.54, 1.807) is 6.07 Å². The normalized spacial score (nSPS) is 14.6. The minimum absolute atomic E-state index is 0.132. The fourth-order valence-corrected chi connectivity index (χ4v) is 5.70. The minimum Gasteiger partial charge on any atom is -0.478 e. The second-order valence-corrected chi connectivity index (χ2v) is 12.2. The zero-order valence-corrected chi connectivity index (χ0v) is 23.6. The number of carboxylic acid groups (broad SMARTS) is 1. The van der Waals surface area contributed by atoms with Gasteiger partial charge in [-0.25, -0.2) is 22.9 Å². The van der Waals surface area contributed by atoms with Crippen molar-refractivity contribution >= 4 is 21.9 Å². The Labute approximate surface area is 230 Å². The number of rotatable bonds is 12. The summed E-state index contributed by atoms with van der Waals surface area (Å²) in [5, 5.41) is 13.0.